The summed E-state index contributed by atoms with van der Waals surface area (Å²) in [7, 11) is 3.38. The second-order valence-corrected chi connectivity index (χ2v) is 7.21. The van der Waals surface area contributed by atoms with Crippen molar-refractivity contribution in [2.45, 2.75) is 32.6 Å². The lowest BCUT2D eigenvalue weighted by atomic mass is 9.86. The van der Waals surface area contributed by atoms with Crippen molar-refractivity contribution in [3.05, 3.63) is 29.8 Å². The highest BCUT2D eigenvalue weighted by Gasteiger charge is 2.19. The molecule has 2 N–H and O–H groups in total. The largest absolute Gasteiger partial charge is 0.385 e. The molecule has 0 radical (unpaired) electrons. The Morgan fingerprint density at radius 3 is 2.40 bits per heavy atom. The van der Waals surface area contributed by atoms with E-state index in [0.29, 0.717) is 13.2 Å². The molecule has 0 saturated heterocycles. The van der Waals surface area contributed by atoms with E-state index in [2.05, 4.69) is 31.4 Å². The van der Waals surface area contributed by atoms with Crippen LogP contribution in [0.1, 0.15) is 32.8 Å². The van der Waals surface area contributed by atoms with Gasteiger partial charge in [0.2, 0.25) is 11.8 Å². The number of amides is 2. The molecule has 0 fully saturated rings. The number of methoxy groups -OCH3 is 1. The average Bonchev–Trinajstić information content (AvgIpc) is 2.50. The van der Waals surface area contributed by atoms with Crippen LogP contribution in [-0.4, -0.2) is 57.1 Å². The molecule has 1 rings (SSSR count). The molecule has 1 aromatic rings. The third kappa shape index (κ3) is 8.14. The fourth-order valence-electron chi connectivity index (χ4n) is 2.48. The number of anilines is 1. The van der Waals surface area contributed by atoms with Crippen molar-refractivity contribution in [1.82, 2.24) is 10.2 Å². The van der Waals surface area contributed by atoms with E-state index in [-0.39, 0.29) is 30.3 Å². The molecule has 0 unspecified atom stereocenters. The lowest BCUT2D eigenvalue weighted by Gasteiger charge is -2.23. The molecule has 0 atom stereocenters. The molecule has 0 heterocycles. The van der Waals surface area contributed by atoms with E-state index in [1.165, 1.54) is 0 Å². The van der Waals surface area contributed by atoms with Crippen molar-refractivity contribution >= 4 is 17.5 Å². The van der Waals surface area contributed by atoms with Gasteiger partial charge in [-0.1, -0.05) is 39.0 Å². The highest BCUT2D eigenvalue weighted by Crippen LogP contribution is 2.29. The highest BCUT2D eigenvalue weighted by atomic mass is 16.5. The summed E-state index contributed by atoms with van der Waals surface area (Å²) in [5, 5.41) is 5.76. The molecular weight excluding hydrogens is 318 g/mol. The van der Waals surface area contributed by atoms with Crippen molar-refractivity contribution in [1.29, 1.82) is 0 Å². The minimum Gasteiger partial charge on any atom is -0.385 e. The zero-order valence-electron chi connectivity index (χ0n) is 16.0. The molecule has 2 amide bonds. The van der Waals surface area contributed by atoms with Crippen molar-refractivity contribution in [2.75, 3.05) is 45.7 Å². The van der Waals surface area contributed by atoms with E-state index in [4.69, 9.17) is 4.74 Å². The molecule has 0 aliphatic rings. The van der Waals surface area contributed by atoms with Gasteiger partial charge in [0.25, 0.3) is 0 Å². The lowest BCUT2D eigenvalue weighted by molar-refractivity contribution is -0.123. The summed E-state index contributed by atoms with van der Waals surface area (Å²) >= 11 is 0. The minimum absolute atomic E-state index is 0.0577. The normalized spacial score (nSPS) is 11.4. The standard InChI is InChI=1S/C19H31N3O3/c1-19(2,3)15-9-6-7-10-16(15)21-18(24)14-22(4)13-17(23)20-11-8-12-25-5/h6-7,9-10H,8,11-14H2,1-5H3,(H,20,23)(H,21,24). The zero-order valence-corrected chi connectivity index (χ0v) is 16.0. The molecule has 0 bridgehead atoms. The van der Waals surface area contributed by atoms with Crippen LogP contribution in [0.5, 0.6) is 0 Å². The van der Waals surface area contributed by atoms with Crippen molar-refractivity contribution < 1.29 is 14.3 Å². The molecule has 6 heteroatoms. The molecule has 0 saturated carbocycles. The van der Waals surface area contributed by atoms with E-state index in [1.54, 1.807) is 19.1 Å². The topological polar surface area (TPSA) is 70.7 Å². The Hall–Kier alpha value is -1.92. The molecule has 1 aromatic carbocycles. The summed E-state index contributed by atoms with van der Waals surface area (Å²) < 4.78 is 4.93. The Morgan fingerprint density at radius 1 is 1.12 bits per heavy atom. The summed E-state index contributed by atoms with van der Waals surface area (Å²) in [5.74, 6) is -0.229. The number of hydrogen-bond donors (Lipinski definition) is 2. The van der Waals surface area contributed by atoms with Crippen LogP contribution in [0, 0.1) is 0 Å². The van der Waals surface area contributed by atoms with Gasteiger partial charge in [-0.15, -0.1) is 0 Å². The SMILES string of the molecule is COCCCNC(=O)CN(C)CC(=O)Nc1ccccc1C(C)(C)C. The molecule has 0 aliphatic carbocycles. The second kappa shape index (κ2) is 10.2. The monoisotopic (exact) mass is 349 g/mol. The number of rotatable bonds is 9. The summed E-state index contributed by atoms with van der Waals surface area (Å²) in [6, 6.07) is 7.80. The Bertz CT molecular complexity index is 567. The lowest BCUT2D eigenvalue weighted by Crippen LogP contribution is -2.39. The smallest absolute Gasteiger partial charge is 0.238 e. The van der Waals surface area contributed by atoms with Crippen LogP contribution in [0.3, 0.4) is 0 Å². The quantitative estimate of drug-likeness (QED) is 0.669. The number of hydrogen-bond acceptors (Lipinski definition) is 4. The number of nitrogens with one attached hydrogen (secondary N) is 2. The fourth-order valence-corrected chi connectivity index (χ4v) is 2.48. The maximum atomic E-state index is 12.3. The van der Waals surface area contributed by atoms with Crippen LogP contribution in [0.4, 0.5) is 5.69 Å². The minimum atomic E-state index is -0.133. The number of likely N-dealkylation sites (N-methyl/N-ethyl adjacent to an activating group) is 1. The van der Waals surface area contributed by atoms with Gasteiger partial charge in [0, 0.05) is 25.9 Å². The number of ether oxygens (including phenoxy) is 1. The maximum absolute atomic E-state index is 12.3. The number of carbonyl (C=O) groups excluding carboxylic acids is 2. The van der Waals surface area contributed by atoms with Gasteiger partial charge in [-0.3, -0.25) is 14.5 Å². The maximum Gasteiger partial charge on any atom is 0.238 e. The van der Waals surface area contributed by atoms with E-state index in [0.717, 1.165) is 17.7 Å². The van der Waals surface area contributed by atoms with E-state index in [9.17, 15) is 9.59 Å². The number of carbonyl (C=O) groups is 2. The van der Waals surface area contributed by atoms with E-state index in [1.807, 2.05) is 24.3 Å². The summed E-state index contributed by atoms with van der Waals surface area (Å²) in [6.07, 6.45) is 0.774. The highest BCUT2D eigenvalue weighted by molar-refractivity contribution is 5.93. The molecule has 6 nitrogen and oxygen atoms in total. The van der Waals surface area contributed by atoms with Gasteiger partial charge in [0.1, 0.15) is 0 Å². The van der Waals surface area contributed by atoms with Crippen LogP contribution in [0.25, 0.3) is 0 Å². The first-order valence-corrected chi connectivity index (χ1v) is 8.57. The van der Waals surface area contributed by atoms with Crippen LogP contribution < -0.4 is 10.6 Å². The van der Waals surface area contributed by atoms with Gasteiger partial charge in [0.15, 0.2) is 0 Å². The number of benzene rings is 1. The van der Waals surface area contributed by atoms with Crippen molar-refractivity contribution in [2.24, 2.45) is 0 Å². The van der Waals surface area contributed by atoms with Crippen molar-refractivity contribution in [3.8, 4) is 0 Å². The first-order valence-electron chi connectivity index (χ1n) is 8.57. The van der Waals surface area contributed by atoms with Gasteiger partial charge in [-0.05, 0) is 30.5 Å². The van der Waals surface area contributed by atoms with Crippen LogP contribution >= 0.6 is 0 Å². The molecule has 25 heavy (non-hydrogen) atoms. The summed E-state index contributed by atoms with van der Waals surface area (Å²) in [5.41, 5.74) is 1.84. The third-order valence-corrected chi connectivity index (χ3v) is 3.68. The number of para-hydroxylation sites is 1. The molecule has 140 valence electrons. The third-order valence-electron chi connectivity index (χ3n) is 3.68. The average molecular weight is 349 g/mol. The van der Waals surface area contributed by atoms with Crippen molar-refractivity contribution in [3.63, 3.8) is 0 Å². The number of nitrogens with zero attached hydrogens (tertiary/aromatic N) is 1. The van der Waals surface area contributed by atoms with Crippen LogP contribution in [-0.2, 0) is 19.7 Å². The van der Waals surface area contributed by atoms with Gasteiger partial charge in [-0.2, -0.15) is 0 Å². The van der Waals surface area contributed by atoms with Gasteiger partial charge in [-0.25, -0.2) is 0 Å². The Kier molecular flexibility index (Phi) is 8.58. The Labute approximate surface area is 150 Å². The van der Waals surface area contributed by atoms with E-state index >= 15 is 0 Å². The molecule has 0 spiro atoms. The Morgan fingerprint density at radius 2 is 1.76 bits per heavy atom. The van der Waals surface area contributed by atoms with Crippen LogP contribution in [0.2, 0.25) is 0 Å². The zero-order chi connectivity index (χ0) is 18.9. The second-order valence-electron chi connectivity index (χ2n) is 7.21. The predicted octanol–water partition coefficient (Wildman–Crippen LogP) is 2.01. The molecular formula is C19H31N3O3. The van der Waals surface area contributed by atoms with E-state index < -0.39 is 0 Å². The predicted molar refractivity (Wildman–Crippen MR) is 101 cm³/mol. The van der Waals surface area contributed by atoms with Crippen LogP contribution in [0.15, 0.2) is 24.3 Å². The Balaban J connectivity index is 2.48. The fraction of sp³-hybridized carbons (Fsp3) is 0.579. The summed E-state index contributed by atoms with van der Waals surface area (Å²) in [4.78, 5) is 25.8. The first-order chi connectivity index (χ1) is 11.7. The molecule has 0 aliphatic heterocycles. The molecule has 0 aromatic heterocycles. The van der Waals surface area contributed by atoms with Gasteiger partial charge >= 0.3 is 0 Å². The van der Waals surface area contributed by atoms with Gasteiger partial charge < -0.3 is 15.4 Å². The van der Waals surface area contributed by atoms with Gasteiger partial charge in [0.05, 0.1) is 13.1 Å². The summed E-state index contributed by atoms with van der Waals surface area (Å²) in [6.45, 7) is 7.86. The first kappa shape index (κ1) is 21.1.